The van der Waals surface area contributed by atoms with Crippen LogP contribution in [0.5, 0.6) is 0 Å². The van der Waals surface area contributed by atoms with E-state index in [9.17, 15) is 9.59 Å². The first-order valence-corrected chi connectivity index (χ1v) is 8.30. The van der Waals surface area contributed by atoms with Crippen molar-refractivity contribution in [2.24, 2.45) is 0 Å². The van der Waals surface area contributed by atoms with Crippen molar-refractivity contribution in [3.05, 3.63) is 58.7 Å². The van der Waals surface area contributed by atoms with Crippen LogP contribution in [0, 0.1) is 13.8 Å². The molecule has 5 heteroatoms. The van der Waals surface area contributed by atoms with E-state index in [4.69, 9.17) is 4.74 Å². The predicted octanol–water partition coefficient (Wildman–Crippen LogP) is 3.09. The van der Waals surface area contributed by atoms with Gasteiger partial charge in [-0.1, -0.05) is 23.8 Å². The highest BCUT2D eigenvalue weighted by Gasteiger charge is 2.25. The summed E-state index contributed by atoms with van der Waals surface area (Å²) in [6, 6.07) is 11.5. The van der Waals surface area contributed by atoms with E-state index in [0.717, 1.165) is 28.8 Å². The zero-order chi connectivity index (χ0) is 18.0. The Morgan fingerprint density at radius 3 is 2.68 bits per heavy atom. The van der Waals surface area contributed by atoms with Gasteiger partial charge in [0.2, 0.25) is 0 Å². The van der Waals surface area contributed by atoms with Crippen LogP contribution in [-0.2, 0) is 16.0 Å². The Bertz CT molecular complexity index is 830. The van der Waals surface area contributed by atoms with E-state index in [0.29, 0.717) is 17.8 Å². The molecule has 0 fully saturated rings. The molecule has 3 rings (SSSR count). The number of nitrogens with zero attached hydrogens (tertiary/aromatic N) is 1. The molecule has 2 aromatic carbocycles. The molecule has 2 amide bonds. The fourth-order valence-electron chi connectivity index (χ4n) is 3.18. The van der Waals surface area contributed by atoms with Crippen molar-refractivity contribution >= 4 is 23.2 Å². The number of benzene rings is 2. The van der Waals surface area contributed by atoms with E-state index in [1.54, 1.807) is 4.90 Å². The number of methoxy groups -OCH3 is 1. The zero-order valence-corrected chi connectivity index (χ0v) is 14.8. The number of ether oxygens (including phenoxy) is 1. The molecule has 5 nitrogen and oxygen atoms in total. The van der Waals surface area contributed by atoms with Crippen molar-refractivity contribution in [1.29, 1.82) is 0 Å². The molecule has 1 N–H and O–H groups in total. The first-order chi connectivity index (χ1) is 12.0. The average Bonchev–Trinajstić information content (AvgIpc) is 2.98. The van der Waals surface area contributed by atoms with E-state index < -0.39 is 0 Å². The topological polar surface area (TPSA) is 58.6 Å². The Balaban J connectivity index is 1.81. The molecule has 0 saturated carbocycles. The van der Waals surface area contributed by atoms with Crippen LogP contribution in [0.15, 0.2) is 36.4 Å². The van der Waals surface area contributed by atoms with Crippen LogP contribution in [0.1, 0.15) is 27.0 Å². The number of hydrogen-bond acceptors (Lipinski definition) is 3. The Kier molecular flexibility index (Phi) is 4.86. The van der Waals surface area contributed by atoms with E-state index in [1.807, 2.05) is 50.2 Å². The molecule has 1 heterocycles. The van der Waals surface area contributed by atoms with Crippen molar-refractivity contribution in [2.45, 2.75) is 20.3 Å². The molecule has 0 aliphatic carbocycles. The lowest BCUT2D eigenvalue weighted by Crippen LogP contribution is -2.32. The highest BCUT2D eigenvalue weighted by atomic mass is 16.5. The van der Waals surface area contributed by atoms with Crippen LogP contribution in [0.2, 0.25) is 0 Å². The zero-order valence-electron chi connectivity index (χ0n) is 14.8. The molecule has 0 aromatic heterocycles. The number of carbonyl (C=O) groups is 2. The third-order valence-electron chi connectivity index (χ3n) is 4.43. The van der Waals surface area contributed by atoms with Gasteiger partial charge < -0.3 is 15.0 Å². The standard InChI is InChI=1S/C20H22N2O3/c1-13-4-7-17(14(2)10-13)20(24)21-16-6-5-15-8-9-22(18(15)11-16)19(23)12-25-3/h4-7,10-11H,8-9,12H2,1-3H3,(H,21,24). The molecule has 1 aliphatic heterocycles. The number of carbonyl (C=O) groups excluding carboxylic acids is 2. The maximum Gasteiger partial charge on any atom is 0.255 e. The van der Waals surface area contributed by atoms with Crippen molar-refractivity contribution < 1.29 is 14.3 Å². The lowest BCUT2D eigenvalue weighted by atomic mass is 10.0. The number of aryl methyl sites for hydroxylation is 2. The fourth-order valence-corrected chi connectivity index (χ4v) is 3.18. The van der Waals surface area contributed by atoms with E-state index >= 15 is 0 Å². The van der Waals surface area contributed by atoms with Gasteiger partial charge in [-0.2, -0.15) is 0 Å². The minimum atomic E-state index is -0.148. The number of anilines is 2. The largest absolute Gasteiger partial charge is 0.375 e. The number of fused-ring (bicyclic) bond motifs is 1. The van der Waals surface area contributed by atoms with Crippen molar-refractivity contribution in [3.8, 4) is 0 Å². The minimum Gasteiger partial charge on any atom is -0.375 e. The minimum absolute atomic E-state index is 0.0542. The molecule has 0 spiro atoms. The van der Waals surface area contributed by atoms with Crippen LogP contribution in [0.3, 0.4) is 0 Å². The summed E-state index contributed by atoms with van der Waals surface area (Å²) in [7, 11) is 1.51. The van der Waals surface area contributed by atoms with Crippen LogP contribution < -0.4 is 10.2 Å². The molecule has 0 bridgehead atoms. The van der Waals surface area contributed by atoms with Crippen LogP contribution in [0.4, 0.5) is 11.4 Å². The monoisotopic (exact) mass is 338 g/mol. The van der Waals surface area contributed by atoms with Gasteiger partial charge in [-0.25, -0.2) is 0 Å². The Hall–Kier alpha value is -2.66. The number of hydrogen-bond donors (Lipinski definition) is 1. The summed E-state index contributed by atoms with van der Waals surface area (Å²) in [6.45, 7) is 4.63. The molecule has 130 valence electrons. The smallest absolute Gasteiger partial charge is 0.255 e. The summed E-state index contributed by atoms with van der Waals surface area (Å²) >= 11 is 0. The second-order valence-corrected chi connectivity index (χ2v) is 6.34. The maximum atomic E-state index is 12.6. The van der Waals surface area contributed by atoms with Crippen molar-refractivity contribution in [1.82, 2.24) is 0 Å². The van der Waals surface area contributed by atoms with Gasteiger partial charge in [0.05, 0.1) is 0 Å². The van der Waals surface area contributed by atoms with Crippen molar-refractivity contribution in [3.63, 3.8) is 0 Å². The van der Waals surface area contributed by atoms with Crippen molar-refractivity contribution in [2.75, 3.05) is 30.5 Å². The molecular formula is C20H22N2O3. The SMILES string of the molecule is COCC(=O)N1CCc2ccc(NC(=O)c3ccc(C)cc3C)cc21. The van der Waals surface area contributed by atoms with Gasteiger partial charge in [0.1, 0.15) is 6.61 Å². The third kappa shape index (κ3) is 3.56. The first kappa shape index (κ1) is 17.2. The lowest BCUT2D eigenvalue weighted by molar-refractivity contribution is -0.122. The molecular weight excluding hydrogens is 316 g/mol. The Morgan fingerprint density at radius 1 is 1.16 bits per heavy atom. The Morgan fingerprint density at radius 2 is 1.96 bits per heavy atom. The average molecular weight is 338 g/mol. The van der Waals surface area contributed by atoms with Crippen LogP contribution in [0.25, 0.3) is 0 Å². The maximum absolute atomic E-state index is 12.6. The third-order valence-corrected chi connectivity index (χ3v) is 4.43. The van der Waals surface area contributed by atoms with Gasteiger partial charge >= 0.3 is 0 Å². The predicted molar refractivity (Wildman–Crippen MR) is 98.2 cm³/mol. The lowest BCUT2D eigenvalue weighted by Gasteiger charge is -2.18. The summed E-state index contributed by atoms with van der Waals surface area (Å²) in [5, 5.41) is 2.93. The summed E-state index contributed by atoms with van der Waals surface area (Å²) in [5.41, 5.74) is 5.35. The second kappa shape index (κ2) is 7.07. The summed E-state index contributed by atoms with van der Waals surface area (Å²) < 4.78 is 4.95. The normalized spacial score (nSPS) is 12.8. The number of nitrogens with one attached hydrogen (secondary N) is 1. The Labute approximate surface area is 147 Å². The summed E-state index contributed by atoms with van der Waals surface area (Å²) in [5.74, 6) is -0.218. The van der Waals surface area contributed by atoms with E-state index in [2.05, 4.69) is 5.32 Å². The van der Waals surface area contributed by atoms with Gasteiger partial charge in [0.15, 0.2) is 0 Å². The summed E-state index contributed by atoms with van der Waals surface area (Å²) in [6.07, 6.45) is 0.816. The van der Waals surface area contributed by atoms with Gasteiger partial charge in [-0.3, -0.25) is 9.59 Å². The van der Waals surface area contributed by atoms with E-state index in [1.165, 1.54) is 7.11 Å². The quantitative estimate of drug-likeness (QED) is 0.932. The molecule has 2 aromatic rings. The van der Waals surface area contributed by atoms with Crippen LogP contribution in [-0.4, -0.2) is 32.1 Å². The number of amides is 2. The molecule has 0 unspecified atom stereocenters. The van der Waals surface area contributed by atoms with Gasteiger partial charge in [0.25, 0.3) is 11.8 Å². The van der Waals surface area contributed by atoms with Gasteiger partial charge in [-0.15, -0.1) is 0 Å². The molecule has 1 aliphatic rings. The molecule has 0 atom stereocenters. The number of rotatable bonds is 4. The molecule has 0 radical (unpaired) electrons. The van der Waals surface area contributed by atoms with Crippen LogP contribution >= 0.6 is 0 Å². The van der Waals surface area contributed by atoms with Gasteiger partial charge in [-0.05, 0) is 49.6 Å². The van der Waals surface area contributed by atoms with Gasteiger partial charge in [0, 0.05) is 30.6 Å². The summed E-state index contributed by atoms with van der Waals surface area (Å²) in [4.78, 5) is 26.4. The molecule has 25 heavy (non-hydrogen) atoms. The molecule has 0 saturated heterocycles. The van der Waals surface area contributed by atoms with E-state index in [-0.39, 0.29) is 18.4 Å². The fraction of sp³-hybridized carbons (Fsp3) is 0.300. The second-order valence-electron chi connectivity index (χ2n) is 6.34. The first-order valence-electron chi connectivity index (χ1n) is 8.30. The highest BCUT2D eigenvalue weighted by Crippen LogP contribution is 2.31. The highest BCUT2D eigenvalue weighted by molar-refractivity contribution is 6.06.